The van der Waals surface area contributed by atoms with Crippen LogP contribution in [0.2, 0.25) is 0 Å². The number of methoxy groups -OCH3 is 1. The summed E-state index contributed by atoms with van der Waals surface area (Å²) < 4.78 is 5.43. The van der Waals surface area contributed by atoms with Gasteiger partial charge < -0.3 is 15.4 Å². The Labute approximate surface area is 200 Å². The second-order valence-corrected chi connectivity index (χ2v) is 8.51. The fourth-order valence-corrected chi connectivity index (χ4v) is 4.31. The van der Waals surface area contributed by atoms with E-state index in [2.05, 4.69) is 35.5 Å². The molecule has 0 spiro atoms. The van der Waals surface area contributed by atoms with Gasteiger partial charge in [-0.2, -0.15) is 0 Å². The van der Waals surface area contributed by atoms with E-state index in [1.165, 1.54) is 5.56 Å². The molecule has 0 unspecified atom stereocenters. The maximum atomic E-state index is 13.3. The average molecular weight is 456 g/mol. The first-order valence-corrected chi connectivity index (χ1v) is 11.5. The number of carbonyl (C=O) groups is 2. The molecule has 1 amide bonds. The van der Waals surface area contributed by atoms with Gasteiger partial charge in [0.25, 0.3) is 5.91 Å². The average Bonchev–Trinajstić information content (AvgIpc) is 2.88. The molecule has 2 heterocycles. The maximum Gasteiger partial charge on any atom is 0.255 e. The zero-order chi connectivity index (χ0) is 24.1. The Morgan fingerprint density at radius 3 is 2.53 bits per heavy atom. The minimum atomic E-state index is -0.254. The number of allylic oxidation sites excluding steroid dienone is 1. The van der Waals surface area contributed by atoms with Crippen molar-refractivity contribution in [1.82, 2.24) is 10.3 Å². The molecule has 1 aliphatic heterocycles. The number of benzene rings is 2. The lowest BCUT2D eigenvalue weighted by Crippen LogP contribution is -2.48. The van der Waals surface area contributed by atoms with Crippen molar-refractivity contribution >= 4 is 23.1 Å². The van der Waals surface area contributed by atoms with Crippen molar-refractivity contribution in [3.8, 4) is 5.75 Å². The zero-order valence-electron chi connectivity index (χ0n) is 19.7. The Kier molecular flexibility index (Phi) is 6.77. The minimum Gasteiger partial charge on any atom is -0.497 e. The largest absolute Gasteiger partial charge is 0.497 e. The lowest BCUT2D eigenvalue weighted by molar-refractivity contribution is 0.102. The van der Waals surface area contributed by atoms with Gasteiger partial charge in [-0.1, -0.05) is 32.0 Å². The molecule has 0 fully saturated rings. The van der Waals surface area contributed by atoms with Gasteiger partial charge in [0.05, 0.1) is 7.11 Å². The lowest BCUT2D eigenvalue weighted by atomic mass is 9.79. The Bertz CT molecular complexity index is 1230. The van der Waals surface area contributed by atoms with E-state index in [9.17, 15) is 9.59 Å². The highest BCUT2D eigenvalue weighted by Gasteiger charge is 2.33. The van der Waals surface area contributed by atoms with Crippen LogP contribution in [0, 0.1) is 0 Å². The molecule has 0 radical (unpaired) electrons. The number of ketones is 1. The van der Waals surface area contributed by atoms with Crippen LogP contribution >= 0.6 is 0 Å². The molecule has 4 rings (SSSR count). The van der Waals surface area contributed by atoms with Crippen LogP contribution in [0.25, 0.3) is 5.70 Å². The van der Waals surface area contributed by atoms with Crippen molar-refractivity contribution in [1.29, 1.82) is 0 Å². The summed E-state index contributed by atoms with van der Waals surface area (Å²) in [7, 11) is 1.64. The number of anilines is 1. The quantitative estimate of drug-likeness (QED) is 0.375. The number of hydrogen-bond acceptors (Lipinski definition) is 5. The first-order valence-electron chi connectivity index (χ1n) is 11.5. The van der Waals surface area contributed by atoms with Gasteiger partial charge in [-0.25, -0.2) is 0 Å². The number of hydrogen-bond donors (Lipinski definition) is 2. The summed E-state index contributed by atoms with van der Waals surface area (Å²) in [4.78, 5) is 29.7. The summed E-state index contributed by atoms with van der Waals surface area (Å²) >= 11 is 0. The van der Waals surface area contributed by atoms with Crippen LogP contribution in [0.4, 0.5) is 5.69 Å². The number of nitrogens with one attached hydrogen (secondary N) is 2. The minimum absolute atomic E-state index is 0.103. The normalized spacial score (nSPS) is 15.2. The maximum absolute atomic E-state index is 13.3. The van der Waals surface area contributed by atoms with Crippen LogP contribution in [0.1, 0.15) is 58.5 Å². The Morgan fingerprint density at radius 2 is 1.82 bits per heavy atom. The summed E-state index contributed by atoms with van der Waals surface area (Å²) in [5, 5.41) is 6.50. The zero-order valence-corrected chi connectivity index (χ0v) is 19.7. The Morgan fingerprint density at radius 1 is 1.06 bits per heavy atom. The van der Waals surface area contributed by atoms with E-state index < -0.39 is 0 Å². The first-order chi connectivity index (χ1) is 16.5. The summed E-state index contributed by atoms with van der Waals surface area (Å²) in [6.45, 7) is 4.33. The summed E-state index contributed by atoms with van der Waals surface area (Å²) in [5.41, 5.74) is 4.42. The van der Waals surface area contributed by atoms with Crippen molar-refractivity contribution in [3.05, 3.63) is 95.3 Å². The fourth-order valence-electron chi connectivity index (χ4n) is 4.31. The highest BCUT2D eigenvalue weighted by molar-refractivity contribution is 6.10. The van der Waals surface area contributed by atoms with E-state index >= 15 is 0 Å². The molecule has 0 saturated carbocycles. The van der Waals surface area contributed by atoms with Crippen LogP contribution in [-0.2, 0) is 6.42 Å². The predicted molar refractivity (Wildman–Crippen MR) is 134 cm³/mol. The SMILES string of the molecule is CCC1(CC)Cc2ccc(OC)cc2/C(=C/C(=O)c2cccc(NC(=O)c3ccncc3)c2)N1. The standard InChI is InChI=1S/C28H29N3O3/c1-4-28(5-2)18-21-9-10-23(34-3)16-24(21)25(31-28)17-26(32)20-7-6-8-22(15-20)30-27(33)19-11-13-29-14-12-19/h6-17,31H,4-5,18H2,1-3H3,(H,30,33)/b25-17-. The van der Waals surface area contributed by atoms with Gasteiger partial charge in [0, 0.05) is 52.1 Å². The van der Waals surface area contributed by atoms with E-state index in [1.54, 1.807) is 62.0 Å². The van der Waals surface area contributed by atoms with Gasteiger partial charge in [0.1, 0.15) is 5.75 Å². The number of ether oxygens (including phenoxy) is 1. The van der Waals surface area contributed by atoms with E-state index in [4.69, 9.17) is 4.74 Å². The molecular formula is C28H29N3O3. The number of pyridine rings is 1. The van der Waals surface area contributed by atoms with E-state index in [0.717, 1.165) is 36.3 Å². The Hall–Kier alpha value is -3.93. The highest BCUT2D eigenvalue weighted by Crippen LogP contribution is 2.35. The molecule has 0 aliphatic carbocycles. The van der Waals surface area contributed by atoms with Crippen LogP contribution in [-0.4, -0.2) is 29.3 Å². The molecule has 0 atom stereocenters. The Balaban J connectivity index is 1.64. The van der Waals surface area contributed by atoms with Crippen molar-refractivity contribution < 1.29 is 14.3 Å². The number of fused-ring (bicyclic) bond motifs is 1. The van der Waals surface area contributed by atoms with Crippen LogP contribution in [0.3, 0.4) is 0 Å². The third kappa shape index (κ3) is 4.86. The number of rotatable bonds is 7. The highest BCUT2D eigenvalue weighted by atomic mass is 16.5. The van der Waals surface area contributed by atoms with Gasteiger partial charge in [-0.05, 0) is 61.2 Å². The molecule has 6 heteroatoms. The van der Waals surface area contributed by atoms with Crippen molar-refractivity contribution in [2.45, 2.75) is 38.6 Å². The molecule has 3 aromatic rings. The van der Waals surface area contributed by atoms with Crippen LogP contribution < -0.4 is 15.4 Å². The molecule has 174 valence electrons. The van der Waals surface area contributed by atoms with Gasteiger partial charge in [-0.3, -0.25) is 14.6 Å². The van der Waals surface area contributed by atoms with E-state index in [1.807, 2.05) is 12.1 Å². The fraction of sp³-hybridized carbons (Fsp3) is 0.250. The van der Waals surface area contributed by atoms with Gasteiger partial charge in [0.2, 0.25) is 0 Å². The number of aromatic nitrogens is 1. The van der Waals surface area contributed by atoms with Gasteiger partial charge >= 0.3 is 0 Å². The number of nitrogens with zero attached hydrogens (tertiary/aromatic N) is 1. The monoisotopic (exact) mass is 455 g/mol. The lowest BCUT2D eigenvalue weighted by Gasteiger charge is -2.40. The van der Waals surface area contributed by atoms with Crippen LogP contribution in [0.5, 0.6) is 5.75 Å². The van der Waals surface area contributed by atoms with Gasteiger partial charge in [0.15, 0.2) is 5.78 Å². The molecule has 0 saturated heterocycles. The molecule has 34 heavy (non-hydrogen) atoms. The second-order valence-electron chi connectivity index (χ2n) is 8.51. The summed E-state index contributed by atoms with van der Waals surface area (Å²) in [6, 6.07) is 16.3. The van der Waals surface area contributed by atoms with E-state index in [0.29, 0.717) is 16.8 Å². The topological polar surface area (TPSA) is 80.3 Å². The number of carbonyl (C=O) groups excluding carboxylic acids is 2. The molecule has 2 N–H and O–H groups in total. The van der Waals surface area contributed by atoms with Crippen LogP contribution in [0.15, 0.2) is 73.1 Å². The molecule has 6 nitrogen and oxygen atoms in total. The predicted octanol–water partition coefficient (Wildman–Crippen LogP) is 5.27. The smallest absolute Gasteiger partial charge is 0.255 e. The third-order valence-electron chi connectivity index (χ3n) is 6.51. The first kappa shape index (κ1) is 23.2. The van der Waals surface area contributed by atoms with Gasteiger partial charge in [-0.15, -0.1) is 0 Å². The number of amides is 1. The molecule has 2 aromatic carbocycles. The van der Waals surface area contributed by atoms with E-state index in [-0.39, 0.29) is 17.2 Å². The third-order valence-corrected chi connectivity index (χ3v) is 6.51. The molecule has 0 bridgehead atoms. The molecule has 1 aromatic heterocycles. The molecule has 1 aliphatic rings. The molecular weight excluding hydrogens is 426 g/mol. The summed E-state index contributed by atoms with van der Waals surface area (Å²) in [5.74, 6) is 0.357. The summed E-state index contributed by atoms with van der Waals surface area (Å²) in [6.07, 6.45) is 7.56. The second kappa shape index (κ2) is 9.91. The van der Waals surface area contributed by atoms with Crippen molar-refractivity contribution in [2.75, 3.05) is 12.4 Å². The van der Waals surface area contributed by atoms with Crippen molar-refractivity contribution in [2.24, 2.45) is 0 Å². The van der Waals surface area contributed by atoms with Crippen molar-refractivity contribution in [3.63, 3.8) is 0 Å².